The van der Waals surface area contributed by atoms with Gasteiger partial charge >= 0.3 is 12.1 Å². The number of alkyl carbamates (subject to hydrolysis) is 1. The van der Waals surface area contributed by atoms with E-state index in [1.807, 2.05) is 0 Å². The first kappa shape index (κ1) is 12.4. The van der Waals surface area contributed by atoms with Crippen LogP contribution in [0.3, 0.4) is 0 Å². The van der Waals surface area contributed by atoms with E-state index in [-0.39, 0.29) is 6.61 Å². The molecule has 0 unspecified atom stereocenters. The molecule has 0 aliphatic heterocycles. The van der Waals surface area contributed by atoms with E-state index >= 15 is 0 Å². The molecule has 6 heteroatoms. The maximum Gasteiger partial charge on any atom is 0.408 e. The highest BCUT2D eigenvalue weighted by atomic mass is 16.5. The summed E-state index contributed by atoms with van der Waals surface area (Å²) in [6.45, 7) is 4.84. The summed E-state index contributed by atoms with van der Waals surface area (Å²) in [7, 11) is 0. The van der Waals surface area contributed by atoms with Gasteiger partial charge in [-0.05, 0) is 6.92 Å². The SMILES string of the molecule is C=CCOC(=O)N[C@H](C(=O)O)[C@H](C)N. The first-order valence-corrected chi connectivity index (χ1v) is 4.01. The van der Waals surface area contributed by atoms with Crippen LogP contribution < -0.4 is 11.1 Å². The summed E-state index contributed by atoms with van der Waals surface area (Å²) >= 11 is 0. The Morgan fingerprint density at radius 2 is 2.29 bits per heavy atom. The minimum atomic E-state index is -1.20. The van der Waals surface area contributed by atoms with Crippen molar-refractivity contribution in [3.8, 4) is 0 Å². The summed E-state index contributed by atoms with van der Waals surface area (Å²) in [4.78, 5) is 21.5. The maximum atomic E-state index is 10.9. The zero-order valence-electron chi connectivity index (χ0n) is 7.90. The standard InChI is InChI=1S/C8H14N2O4/c1-3-4-14-8(13)10-6(5(2)9)7(11)12/h3,5-6H,1,4,9H2,2H3,(H,10,13)(H,11,12)/t5-,6-/m0/s1. The van der Waals surface area contributed by atoms with Crippen LogP contribution in [0.1, 0.15) is 6.92 Å². The van der Waals surface area contributed by atoms with Gasteiger partial charge in [0.15, 0.2) is 0 Å². The van der Waals surface area contributed by atoms with E-state index in [1.165, 1.54) is 13.0 Å². The topological polar surface area (TPSA) is 102 Å². The number of aliphatic carboxylic acids is 1. The van der Waals surface area contributed by atoms with Crippen molar-refractivity contribution in [3.05, 3.63) is 12.7 Å². The molecule has 0 heterocycles. The number of rotatable bonds is 5. The number of ether oxygens (including phenoxy) is 1. The molecule has 80 valence electrons. The van der Waals surface area contributed by atoms with E-state index in [9.17, 15) is 9.59 Å². The van der Waals surface area contributed by atoms with Crippen LogP contribution in [0.15, 0.2) is 12.7 Å². The fraction of sp³-hybridized carbons (Fsp3) is 0.500. The Labute approximate surface area is 81.7 Å². The summed E-state index contributed by atoms with van der Waals surface area (Å²) in [6, 6.07) is -1.84. The van der Waals surface area contributed by atoms with Crippen LogP contribution >= 0.6 is 0 Å². The number of nitrogens with two attached hydrogens (primary N) is 1. The average molecular weight is 202 g/mol. The van der Waals surface area contributed by atoms with Crippen LogP contribution in [-0.2, 0) is 9.53 Å². The van der Waals surface area contributed by atoms with Gasteiger partial charge in [-0.15, -0.1) is 0 Å². The Balaban J connectivity index is 4.09. The molecule has 0 saturated carbocycles. The molecule has 4 N–H and O–H groups in total. The smallest absolute Gasteiger partial charge is 0.408 e. The molecule has 6 nitrogen and oxygen atoms in total. The monoisotopic (exact) mass is 202 g/mol. The number of carboxylic acids is 1. The number of hydrogen-bond acceptors (Lipinski definition) is 4. The predicted molar refractivity (Wildman–Crippen MR) is 49.8 cm³/mol. The Kier molecular flexibility index (Phi) is 5.31. The lowest BCUT2D eigenvalue weighted by Crippen LogP contribution is -2.51. The van der Waals surface area contributed by atoms with E-state index in [0.717, 1.165) is 0 Å². The number of hydrogen-bond donors (Lipinski definition) is 3. The number of nitrogens with one attached hydrogen (secondary N) is 1. The molecule has 0 saturated heterocycles. The van der Waals surface area contributed by atoms with Crippen molar-refractivity contribution < 1.29 is 19.4 Å². The molecule has 0 spiro atoms. The van der Waals surface area contributed by atoms with Crippen LogP contribution in [0.5, 0.6) is 0 Å². The van der Waals surface area contributed by atoms with E-state index in [4.69, 9.17) is 10.8 Å². The molecule has 0 aromatic carbocycles. The highest BCUT2D eigenvalue weighted by Crippen LogP contribution is 1.91. The van der Waals surface area contributed by atoms with Crippen molar-refractivity contribution >= 4 is 12.1 Å². The highest BCUT2D eigenvalue weighted by Gasteiger charge is 2.24. The molecule has 14 heavy (non-hydrogen) atoms. The summed E-state index contributed by atoms with van der Waals surface area (Å²) in [5.74, 6) is -1.20. The van der Waals surface area contributed by atoms with Crippen LogP contribution in [0.2, 0.25) is 0 Å². The predicted octanol–water partition coefficient (Wildman–Crippen LogP) is -0.301. The maximum absolute atomic E-state index is 10.9. The normalized spacial score (nSPS) is 13.9. The third-order valence-corrected chi connectivity index (χ3v) is 1.40. The fourth-order valence-corrected chi connectivity index (χ4v) is 0.721. The van der Waals surface area contributed by atoms with Crippen LogP contribution in [0, 0.1) is 0 Å². The lowest BCUT2D eigenvalue weighted by Gasteiger charge is -2.17. The number of carboxylic acid groups (broad SMARTS) is 1. The van der Waals surface area contributed by atoms with Crippen molar-refractivity contribution in [2.24, 2.45) is 5.73 Å². The third-order valence-electron chi connectivity index (χ3n) is 1.40. The minimum Gasteiger partial charge on any atom is -0.480 e. The molecule has 0 bridgehead atoms. The van der Waals surface area contributed by atoms with Crippen molar-refractivity contribution in [3.63, 3.8) is 0 Å². The van der Waals surface area contributed by atoms with Gasteiger partial charge in [-0.25, -0.2) is 9.59 Å². The van der Waals surface area contributed by atoms with Gasteiger partial charge in [0, 0.05) is 6.04 Å². The average Bonchev–Trinajstić information content (AvgIpc) is 2.09. The van der Waals surface area contributed by atoms with Gasteiger partial charge in [0.05, 0.1) is 0 Å². The lowest BCUT2D eigenvalue weighted by atomic mass is 10.1. The van der Waals surface area contributed by atoms with E-state index in [2.05, 4.69) is 16.6 Å². The van der Waals surface area contributed by atoms with Crippen molar-refractivity contribution in [2.45, 2.75) is 19.0 Å². The molecule has 0 aliphatic carbocycles. The van der Waals surface area contributed by atoms with Gasteiger partial charge in [-0.1, -0.05) is 12.7 Å². The molecule has 0 radical (unpaired) electrons. The summed E-state index contributed by atoms with van der Waals surface area (Å²) in [6.07, 6.45) is 0.552. The molecule has 1 amide bonds. The van der Waals surface area contributed by atoms with Gasteiger partial charge in [-0.3, -0.25) is 0 Å². The molecular formula is C8H14N2O4. The molecule has 0 aromatic rings. The zero-order chi connectivity index (χ0) is 11.1. The van der Waals surface area contributed by atoms with Crippen LogP contribution in [0.4, 0.5) is 4.79 Å². The van der Waals surface area contributed by atoms with Crippen molar-refractivity contribution in [1.82, 2.24) is 5.32 Å². The Morgan fingerprint density at radius 3 is 2.64 bits per heavy atom. The number of carbonyl (C=O) groups excluding carboxylic acids is 1. The van der Waals surface area contributed by atoms with E-state index < -0.39 is 24.1 Å². The Hall–Kier alpha value is -1.56. The van der Waals surface area contributed by atoms with Crippen LogP contribution in [-0.4, -0.2) is 35.9 Å². The Bertz CT molecular complexity index is 227. The quantitative estimate of drug-likeness (QED) is 0.531. The second kappa shape index (κ2) is 5.98. The molecule has 2 atom stereocenters. The fourth-order valence-electron chi connectivity index (χ4n) is 0.721. The van der Waals surface area contributed by atoms with Gasteiger partial charge in [0.1, 0.15) is 12.6 Å². The Morgan fingerprint density at radius 1 is 1.71 bits per heavy atom. The first-order valence-electron chi connectivity index (χ1n) is 4.01. The highest BCUT2D eigenvalue weighted by molar-refractivity contribution is 5.80. The molecule has 0 aliphatic rings. The van der Waals surface area contributed by atoms with Crippen molar-refractivity contribution in [2.75, 3.05) is 6.61 Å². The van der Waals surface area contributed by atoms with Gasteiger partial charge in [0.2, 0.25) is 0 Å². The summed E-state index contributed by atoms with van der Waals surface area (Å²) < 4.78 is 4.54. The minimum absolute atomic E-state index is 0.0249. The number of carbonyl (C=O) groups is 2. The third kappa shape index (κ3) is 4.46. The molecule has 0 aromatic heterocycles. The summed E-state index contributed by atoms with van der Waals surface area (Å²) in [5, 5.41) is 10.8. The number of amides is 1. The van der Waals surface area contributed by atoms with E-state index in [0.29, 0.717) is 0 Å². The second-order valence-electron chi connectivity index (χ2n) is 2.71. The first-order chi connectivity index (χ1) is 6.49. The van der Waals surface area contributed by atoms with E-state index in [1.54, 1.807) is 0 Å². The molecular weight excluding hydrogens is 188 g/mol. The molecule has 0 fully saturated rings. The zero-order valence-corrected chi connectivity index (χ0v) is 7.90. The lowest BCUT2D eigenvalue weighted by molar-refractivity contribution is -0.139. The van der Waals surface area contributed by atoms with Crippen LogP contribution in [0.25, 0.3) is 0 Å². The second-order valence-corrected chi connectivity index (χ2v) is 2.71. The largest absolute Gasteiger partial charge is 0.480 e. The summed E-state index contributed by atoms with van der Waals surface area (Å²) in [5.41, 5.74) is 5.34. The van der Waals surface area contributed by atoms with Gasteiger partial charge in [0.25, 0.3) is 0 Å². The van der Waals surface area contributed by atoms with Gasteiger partial charge < -0.3 is 20.9 Å². The van der Waals surface area contributed by atoms with Gasteiger partial charge in [-0.2, -0.15) is 0 Å². The van der Waals surface area contributed by atoms with Crippen molar-refractivity contribution in [1.29, 1.82) is 0 Å². The molecule has 0 rings (SSSR count).